The van der Waals surface area contributed by atoms with Crippen molar-refractivity contribution in [3.63, 3.8) is 0 Å². The molecule has 4 N–H and O–H groups in total. The van der Waals surface area contributed by atoms with E-state index in [0.717, 1.165) is 20.2 Å². The van der Waals surface area contributed by atoms with Gasteiger partial charge in [0.2, 0.25) is 0 Å². The van der Waals surface area contributed by atoms with Crippen molar-refractivity contribution >= 4 is 26.4 Å². The van der Waals surface area contributed by atoms with Crippen molar-refractivity contribution in [2.45, 2.75) is 83.3 Å². The largest absolute Gasteiger partial charge is 1.00 e. The molecule has 6 rings (SSSR count). The van der Waals surface area contributed by atoms with Crippen molar-refractivity contribution in [2.24, 2.45) is 17.8 Å². The molecule has 0 aromatic heterocycles. The molecule has 6 aliphatic rings. The van der Waals surface area contributed by atoms with E-state index >= 15 is 0 Å². The summed E-state index contributed by atoms with van der Waals surface area (Å²) in [6.45, 7) is 15.9. The molecular formula is C29H52BN3NaO11. The molecule has 6 fully saturated rings. The Bertz CT molecular complexity index is 974. The molecule has 0 aromatic carbocycles. The predicted molar refractivity (Wildman–Crippen MR) is 160 cm³/mol. The quantitative estimate of drug-likeness (QED) is 0.193. The van der Waals surface area contributed by atoms with Gasteiger partial charge in [-0.3, -0.25) is 4.79 Å². The Morgan fingerprint density at radius 3 is 1.76 bits per heavy atom. The number of rotatable bonds is 0. The first kappa shape index (κ1) is 42.0. The van der Waals surface area contributed by atoms with E-state index < -0.39 is 17.3 Å². The van der Waals surface area contributed by atoms with Gasteiger partial charge >= 0.3 is 41.7 Å². The van der Waals surface area contributed by atoms with E-state index in [2.05, 4.69) is 5.32 Å². The van der Waals surface area contributed by atoms with Gasteiger partial charge in [0.05, 0.1) is 62.7 Å². The van der Waals surface area contributed by atoms with Gasteiger partial charge in [-0.15, -0.1) is 0 Å². The number of ether oxygens (including phenoxy) is 5. The molecule has 0 bridgehead atoms. The fraction of sp³-hybridized carbons (Fsp3) is 0.897. The molecular weight excluding hydrogens is 600 g/mol. The normalized spacial score (nSPS) is 32.6. The van der Waals surface area contributed by atoms with E-state index in [1.165, 1.54) is 0 Å². The van der Waals surface area contributed by atoms with Gasteiger partial charge in [0.1, 0.15) is 17.8 Å². The average Bonchev–Trinajstić information content (AvgIpc) is 3.73. The zero-order valence-corrected chi connectivity index (χ0v) is 30.1. The number of aliphatic hydroxyl groups excluding tert-OH is 3. The Hall–Kier alpha value is -1.01. The van der Waals surface area contributed by atoms with Crippen LogP contribution in [0.4, 0.5) is 9.59 Å². The number of aliphatic hydroxyl groups is 3. The number of Topliss-reactive ketones (excluding diaryl/α,β-unsaturated/α-hetero) is 1. The van der Waals surface area contributed by atoms with Gasteiger partial charge in [0.15, 0.2) is 5.78 Å². The fourth-order valence-electron chi connectivity index (χ4n) is 5.78. The zero-order valence-electron chi connectivity index (χ0n) is 29.1. The van der Waals surface area contributed by atoms with Crippen molar-refractivity contribution in [3.8, 4) is 0 Å². The molecule has 253 valence electrons. The number of hydrogen-bond acceptors (Lipinski definition) is 12. The predicted octanol–water partition coefficient (Wildman–Crippen LogP) is -3.26. The van der Waals surface area contributed by atoms with Gasteiger partial charge < -0.3 is 55.5 Å². The molecule has 6 heterocycles. The Balaban J connectivity index is 0.000000642. The number of amides is 2. The Labute approximate surface area is 292 Å². The summed E-state index contributed by atoms with van der Waals surface area (Å²) in [7, 11) is 1.00. The smallest absolute Gasteiger partial charge is 1.00 e. The number of nitrogens with zero attached hydrogens (tertiary/aromatic N) is 2. The van der Waals surface area contributed by atoms with Crippen LogP contribution < -0.4 is 34.9 Å². The third-order valence-corrected chi connectivity index (χ3v) is 7.89. The minimum atomic E-state index is -0.500. The van der Waals surface area contributed by atoms with Gasteiger partial charge in [0, 0.05) is 53.5 Å². The third-order valence-electron chi connectivity index (χ3n) is 7.89. The number of hydrogen-bond donors (Lipinski definition) is 4. The minimum Gasteiger partial charge on any atom is -1.00 e. The van der Waals surface area contributed by atoms with Crippen LogP contribution in [0.15, 0.2) is 0 Å². The van der Waals surface area contributed by atoms with E-state index in [-0.39, 0.29) is 94.1 Å². The summed E-state index contributed by atoms with van der Waals surface area (Å²) in [5.74, 6) is 0.362. The first-order chi connectivity index (χ1) is 20.1. The Kier molecular flexibility index (Phi) is 16.8. The van der Waals surface area contributed by atoms with E-state index in [4.69, 9.17) is 28.8 Å². The molecule has 0 aliphatic carbocycles. The minimum absolute atomic E-state index is 0. The summed E-state index contributed by atoms with van der Waals surface area (Å²) in [6, 6.07) is 0. The van der Waals surface area contributed by atoms with Crippen LogP contribution in [0.1, 0.15) is 43.0 Å². The van der Waals surface area contributed by atoms with Crippen molar-refractivity contribution in [1.29, 1.82) is 0 Å². The molecule has 8 atom stereocenters. The van der Waals surface area contributed by atoms with E-state index in [9.17, 15) is 24.6 Å². The van der Waals surface area contributed by atoms with Crippen LogP contribution in [0.2, 0.25) is 0 Å². The van der Waals surface area contributed by atoms with Gasteiger partial charge in [0.25, 0.3) is 0 Å². The summed E-state index contributed by atoms with van der Waals surface area (Å²) < 4.78 is 26.5. The van der Waals surface area contributed by atoms with Crippen molar-refractivity contribution in [3.05, 3.63) is 0 Å². The molecule has 16 heteroatoms. The second-order valence-electron chi connectivity index (χ2n) is 13.6. The Morgan fingerprint density at radius 1 is 0.778 bits per heavy atom. The maximum atomic E-state index is 11.8. The summed E-state index contributed by atoms with van der Waals surface area (Å²) in [6.07, 6.45) is -1.21. The van der Waals surface area contributed by atoms with Crippen LogP contribution in [0, 0.1) is 17.8 Å². The summed E-state index contributed by atoms with van der Waals surface area (Å²) in [5.41, 5.74) is -0.978. The number of likely N-dealkylation sites (tertiary alicyclic amines) is 2. The number of carbonyl (C=O) groups excluding carboxylic acids is 3. The SMILES string of the molecule is CC(C)(C)OC(=O)N1C[C@@H]2C(=O)CO[C@@H]2C1.CC(C)(C)OC(=O)N1C[C@@H]2C(O)CO[C@@H]2C1.CO.OC1CO[C@@H]2CNC[C@H]12.[B].[H-].[Na+]. The van der Waals surface area contributed by atoms with Crippen LogP contribution in [0.3, 0.4) is 0 Å². The van der Waals surface area contributed by atoms with E-state index in [1.54, 1.807) is 9.80 Å². The number of fused-ring (bicyclic) bond motifs is 3. The van der Waals surface area contributed by atoms with E-state index in [1.807, 2.05) is 41.5 Å². The summed E-state index contributed by atoms with van der Waals surface area (Å²) >= 11 is 0. The van der Waals surface area contributed by atoms with E-state index in [0.29, 0.717) is 51.4 Å². The van der Waals surface area contributed by atoms with Gasteiger partial charge in [-0.1, -0.05) is 0 Å². The molecule has 14 nitrogen and oxygen atoms in total. The van der Waals surface area contributed by atoms with Gasteiger partial charge in [-0.05, 0) is 41.5 Å². The molecule has 2 amide bonds. The van der Waals surface area contributed by atoms with Crippen molar-refractivity contribution < 1.29 is 84.4 Å². The molecule has 3 radical (unpaired) electrons. The van der Waals surface area contributed by atoms with Crippen molar-refractivity contribution in [1.82, 2.24) is 15.1 Å². The first-order valence-corrected chi connectivity index (χ1v) is 15.0. The molecule has 2 unspecified atom stereocenters. The maximum Gasteiger partial charge on any atom is 1.00 e. The summed E-state index contributed by atoms with van der Waals surface area (Å²) in [4.78, 5) is 38.1. The molecule has 6 saturated heterocycles. The standard InChI is InChI=1S/C11H19NO4.C11H17NO4.C6H11NO2.CH4O.B.Na.H/c2*1-11(2,3)16-10(14)12-4-7-8(13)6-15-9(7)5-12;8-5-3-9-6-2-7-1-4(5)6;1-2;;;/h7-9,13H,4-6H2,1-3H3;7,9H,4-6H2,1-3H3;4-8H,1-3H2;2H,1H3;;;/q;;;;;+1;-1/t7-,8?,9-;7-,9-;4-,5?,6-;;;;/m111..../s1. The summed E-state index contributed by atoms with van der Waals surface area (Å²) in [5, 5.41) is 29.0. The van der Waals surface area contributed by atoms with Crippen LogP contribution in [0.5, 0.6) is 0 Å². The first-order valence-electron chi connectivity index (χ1n) is 15.0. The second-order valence-corrected chi connectivity index (χ2v) is 13.6. The topological polar surface area (TPSA) is 177 Å². The van der Waals surface area contributed by atoms with Crippen molar-refractivity contribution in [2.75, 3.05) is 66.2 Å². The van der Waals surface area contributed by atoms with Crippen LogP contribution >= 0.6 is 0 Å². The monoisotopic (exact) mass is 652 g/mol. The van der Waals surface area contributed by atoms with Crippen LogP contribution in [0.25, 0.3) is 0 Å². The molecule has 0 aromatic rings. The number of nitrogens with one attached hydrogen (secondary N) is 1. The van der Waals surface area contributed by atoms with Crippen LogP contribution in [-0.2, 0) is 28.5 Å². The molecule has 6 aliphatic heterocycles. The fourth-order valence-corrected chi connectivity index (χ4v) is 5.78. The molecule has 45 heavy (non-hydrogen) atoms. The maximum absolute atomic E-state index is 11.8. The molecule has 0 saturated carbocycles. The molecule has 0 spiro atoms. The number of ketones is 1. The third kappa shape index (κ3) is 11.9. The average molecular weight is 653 g/mol. The zero-order chi connectivity index (χ0) is 32.1. The van der Waals surface area contributed by atoms with Gasteiger partial charge in [-0.2, -0.15) is 0 Å². The number of carbonyl (C=O) groups is 3. The van der Waals surface area contributed by atoms with Gasteiger partial charge in [-0.25, -0.2) is 9.59 Å². The Morgan fingerprint density at radius 2 is 1.27 bits per heavy atom. The second kappa shape index (κ2) is 17.9. The van der Waals surface area contributed by atoms with Crippen LogP contribution in [-0.4, -0.2) is 159 Å².